The molecule has 0 aliphatic carbocycles. The molecule has 2 fully saturated rings. The number of halogens is 5. The second-order valence-electron chi connectivity index (χ2n) is 9.92. The first kappa shape index (κ1) is 27.3. The van der Waals surface area contributed by atoms with Crippen LogP contribution in [0.1, 0.15) is 34.3 Å². The molecule has 2 aromatic rings. The van der Waals surface area contributed by atoms with E-state index in [-0.39, 0.29) is 23.2 Å². The molecule has 39 heavy (non-hydrogen) atoms. The zero-order valence-electron chi connectivity index (χ0n) is 21.2. The van der Waals surface area contributed by atoms with Crippen molar-refractivity contribution in [1.29, 1.82) is 0 Å². The molecule has 0 radical (unpaired) electrons. The van der Waals surface area contributed by atoms with Crippen LogP contribution in [0, 0.1) is 11.6 Å². The summed E-state index contributed by atoms with van der Waals surface area (Å²) in [4.78, 5) is 27.9. The predicted octanol–water partition coefficient (Wildman–Crippen LogP) is 3.36. The minimum absolute atomic E-state index is 0.0627. The van der Waals surface area contributed by atoms with E-state index in [9.17, 15) is 31.5 Å². The van der Waals surface area contributed by atoms with Crippen LogP contribution in [-0.4, -0.2) is 74.1 Å². The Bertz CT molecular complexity index is 1320. The number of methoxy groups -OCH3 is 2. The fourth-order valence-corrected chi connectivity index (χ4v) is 5.49. The molecule has 2 saturated heterocycles. The molecule has 3 aliphatic rings. The molecule has 2 amide bonds. The summed E-state index contributed by atoms with van der Waals surface area (Å²) in [7, 11) is 2.05. The highest BCUT2D eigenvalue weighted by molar-refractivity contribution is 6.00. The van der Waals surface area contributed by atoms with Gasteiger partial charge in [0.25, 0.3) is 11.8 Å². The Balaban J connectivity index is 1.49. The van der Waals surface area contributed by atoms with Crippen molar-refractivity contribution in [2.75, 3.05) is 32.6 Å². The number of carbonyl (C=O) groups is 2. The summed E-state index contributed by atoms with van der Waals surface area (Å²) in [5.74, 6) is -5.98. The maximum atomic E-state index is 14.6. The fourth-order valence-electron chi connectivity index (χ4n) is 5.49. The first-order chi connectivity index (χ1) is 18.4. The lowest BCUT2D eigenvalue weighted by atomic mass is 9.82. The highest BCUT2D eigenvalue weighted by Gasteiger charge is 2.68. The molecular weight excluding hydrogens is 529 g/mol. The van der Waals surface area contributed by atoms with Crippen LogP contribution in [-0.2, 0) is 20.8 Å². The number of nitrogens with one attached hydrogen (secondary N) is 2. The fraction of sp³-hybridized carbons (Fsp3) is 0.462. The highest BCUT2D eigenvalue weighted by atomic mass is 19.4. The maximum absolute atomic E-state index is 14.6. The average molecular weight is 556 g/mol. The molecule has 0 saturated carbocycles. The molecule has 8 nitrogen and oxygen atoms in total. The SMILES string of the molecule is COc1c([C@H]2[C@H](C(=O)Nc3ccc4c(c3)CN(C3CNC3)C4=O)O[C@@](C)(C(F)(F)F)[C@H]2OC)ccc(F)c1F. The van der Waals surface area contributed by atoms with Gasteiger partial charge in [-0.15, -0.1) is 0 Å². The number of fused-ring (bicyclic) bond motifs is 1. The number of rotatable bonds is 6. The molecule has 0 unspecified atom stereocenters. The number of anilines is 1. The van der Waals surface area contributed by atoms with E-state index in [1.54, 1.807) is 17.0 Å². The van der Waals surface area contributed by atoms with Gasteiger partial charge >= 0.3 is 6.18 Å². The largest absolute Gasteiger partial charge is 0.493 e. The summed E-state index contributed by atoms with van der Waals surface area (Å²) < 4.78 is 86.8. The lowest BCUT2D eigenvalue weighted by molar-refractivity contribution is -0.283. The van der Waals surface area contributed by atoms with Crippen LogP contribution in [0.3, 0.4) is 0 Å². The van der Waals surface area contributed by atoms with Crippen molar-refractivity contribution in [2.45, 2.75) is 49.4 Å². The number of hydrogen-bond donors (Lipinski definition) is 2. The van der Waals surface area contributed by atoms with E-state index in [0.29, 0.717) is 30.8 Å². The van der Waals surface area contributed by atoms with Crippen molar-refractivity contribution in [1.82, 2.24) is 10.2 Å². The van der Waals surface area contributed by atoms with Crippen LogP contribution >= 0.6 is 0 Å². The number of carbonyl (C=O) groups excluding carboxylic acids is 2. The zero-order valence-corrected chi connectivity index (χ0v) is 21.2. The van der Waals surface area contributed by atoms with Gasteiger partial charge in [-0.1, -0.05) is 6.07 Å². The van der Waals surface area contributed by atoms with Crippen LogP contribution in [0.25, 0.3) is 0 Å². The van der Waals surface area contributed by atoms with Crippen LogP contribution in [0.5, 0.6) is 5.75 Å². The van der Waals surface area contributed by atoms with Crippen LogP contribution in [0.2, 0.25) is 0 Å². The van der Waals surface area contributed by atoms with E-state index in [1.165, 1.54) is 6.07 Å². The van der Waals surface area contributed by atoms with Crippen molar-refractivity contribution in [2.24, 2.45) is 0 Å². The lowest BCUT2D eigenvalue weighted by Crippen LogP contribution is -2.57. The van der Waals surface area contributed by atoms with Crippen molar-refractivity contribution in [3.8, 4) is 5.75 Å². The number of ether oxygens (including phenoxy) is 3. The van der Waals surface area contributed by atoms with Crippen molar-refractivity contribution in [3.05, 3.63) is 58.7 Å². The molecule has 5 rings (SSSR count). The van der Waals surface area contributed by atoms with E-state index >= 15 is 0 Å². The summed E-state index contributed by atoms with van der Waals surface area (Å²) in [6.07, 6.45) is -8.62. The maximum Gasteiger partial charge on any atom is 0.419 e. The Morgan fingerprint density at radius 1 is 1.18 bits per heavy atom. The molecule has 210 valence electrons. The minimum atomic E-state index is -4.99. The van der Waals surface area contributed by atoms with Gasteiger partial charge in [0, 0.05) is 43.6 Å². The highest BCUT2D eigenvalue weighted by Crippen LogP contribution is 2.52. The van der Waals surface area contributed by atoms with Gasteiger partial charge in [-0.3, -0.25) is 9.59 Å². The summed E-state index contributed by atoms with van der Waals surface area (Å²) in [5.41, 5.74) is -1.82. The number of hydrogen-bond acceptors (Lipinski definition) is 6. The van der Waals surface area contributed by atoms with Gasteiger partial charge in [-0.2, -0.15) is 17.6 Å². The van der Waals surface area contributed by atoms with Gasteiger partial charge in [0.15, 0.2) is 17.2 Å². The summed E-state index contributed by atoms with van der Waals surface area (Å²) in [6, 6.07) is 6.44. The smallest absolute Gasteiger partial charge is 0.419 e. The van der Waals surface area contributed by atoms with Crippen molar-refractivity contribution < 1.29 is 45.8 Å². The van der Waals surface area contributed by atoms with E-state index in [0.717, 1.165) is 33.3 Å². The monoisotopic (exact) mass is 555 g/mol. The van der Waals surface area contributed by atoms with Crippen molar-refractivity contribution >= 4 is 17.5 Å². The summed E-state index contributed by atoms with van der Waals surface area (Å²) >= 11 is 0. The normalized spacial score (nSPS) is 26.9. The Morgan fingerprint density at radius 3 is 2.49 bits per heavy atom. The van der Waals surface area contributed by atoms with Gasteiger partial charge in [0.1, 0.15) is 12.2 Å². The molecule has 13 heteroatoms. The molecule has 4 atom stereocenters. The Morgan fingerprint density at radius 2 is 1.90 bits per heavy atom. The van der Waals surface area contributed by atoms with E-state index < -0.39 is 53.2 Å². The van der Waals surface area contributed by atoms with Crippen LogP contribution < -0.4 is 15.4 Å². The van der Waals surface area contributed by atoms with Crippen molar-refractivity contribution in [3.63, 3.8) is 0 Å². The molecule has 3 aliphatic heterocycles. The molecule has 3 heterocycles. The number of nitrogens with zero attached hydrogens (tertiary/aromatic N) is 1. The standard InChI is InChI=1S/C26H26F5N3O5/c1-25(26(29,30)31)22(38-3)18(16-6-7-17(27)19(28)20(16)37-2)21(39-25)23(35)33-13-4-5-15-12(8-13)11-34(24(15)36)14-9-32-10-14/h4-8,14,18,21-22,32H,9-11H2,1-3H3,(H,33,35)/t18-,21+,22-,25+/m0/s1. The topological polar surface area (TPSA) is 89.1 Å². The Kier molecular flexibility index (Phi) is 6.80. The summed E-state index contributed by atoms with van der Waals surface area (Å²) in [6.45, 7) is 2.42. The van der Waals surface area contributed by atoms with Gasteiger partial charge in [-0.05, 0) is 36.8 Å². The third-order valence-corrected chi connectivity index (χ3v) is 7.69. The first-order valence-electron chi connectivity index (χ1n) is 12.2. The van der Waals surface area contributed by atoms with Crippen LogP contribution in [0.4, 0.5) is 27.6 Å². The summed E-state index contributed by atoms with van der Waals surface area (Å²) in [5, 5.41) is 5.66. The average Bonchev–Trinajstić information content (AvgIpc) is 3.33. The molecule has 2 aromatic carbocycles. The number of alkyl halides is 3. The second-order valence-corrected chi connectivity index (χ2v) is 9.92. The van der Waals surface area contributed by atoms with Gasteiger partial charge < -0.3 is 29.7 Å². The molecular formula is C26H26F5N3O5. The van der Waals surface area contributed by atoms with E-state index in [4.69, 9.17) is 14.2 Å². The molecule has 0 aromatic heterocycles. The number of amides is 2. The quantitative estimate of drug-likeness (QED) is 0.532. The van der Waals surface area contributed by atoms with Gasteiger partial charge in [-0.25, -0.2) is 4.39 Å². The lowest BCUT2D eigenvalue weighted by Gasteiger charge is -2.35. The molecule has 2 N–H and O–H groups in total. The minimum Gasteiger partial charge on any atom is -0.493 e. The van der Waals surface area contributed by atoms with Crippen LogP contribution in [0.15, 0.2) is 30.3 Å². The Hall–Kier alpha value is -3.29. The van der Waals surface area contributed by atoms with E-state index in [1.807, 2.05) is 0 Å². The third-order valence-electron chi connectivity index (χ3n) is 7.69. The first-order valence-corrected chi connectivity index (χ1v) is 12.2. The van der Waals surface area contributed by atoms with Gasteiger partial charge in [0.05, 0.1) is 19.1 Å². The van der Waals surface area contributed by atoms with E-state index in [2.05, 4.69) is 10.6 Å². The number of benzene rings is 2. The van der Waals surface area contributed by atoms with Gasteiger partial charge in [0.2, 0.25) is 5.82 Å². The molecule has 0 bridgehead atoms. The third kappa shape index (κ3) is 4.32. The predicted molar refractivity (Wildman–Crippen MR) is 127 cm³/mol. The zero-order chi connectivity index (χ0) is 28.3. The second kappa shape index (κ2) is 9.72. The molecule has 0 spiro atoms. The Labute approximate surface area is 220 Å².